The fourth-order valence-corrected chi connectivity index (χ4v) is 6.26. The van der Waals surface area contributed by atoms with Crippen molar-refractivity contribution < 1.29 is 27.5 Å². The van der Waals surface area contributed by atoms with Crippen molar-refractivity contribution in [2.75, 3.05) is 23.9 Å². The van der Waals surface area contributed by atoms with Gasteiger partial charge in [0.2, 0.25) is 28.6 Å². The lowest BCUT2D eigenvalue weighted by Gasteiger charge is -2.32. The summed E-state index contributed by atoms with van der Waals surface area (Å²) in [4.78, 5) is 28.7. The van der Waals surface area contributed by atoms with Gasteiger partial charge >= 0.3 is 0 Å². The monoisotopic (exact) mass is 557 g/mol. The molecule has 9 nitrogen and oxygen atoms in total. The van der Waals surface area contributed by atoms with E-state index in [4.69, 9.17) is 9.47 Å². The van der Waals surface area contributed by atoms with Crippen LogP contribution < -0.4 is 19.1 Å². The molecular formula is C29H39N3O6S. The zero-order valence-electron chi connectivity index (χ0n) is 23.0. The molecule has 1 heterocycles. The SMILES string of the molecule is CC[C@H](C(=O)NC1CCCC1)N(Cc1ccccc1C)C(=O)CCCN(c1ccc2c(c1)OCO2)S(C)(=O)=O. The van der Waals surface area contributed by atoms with Crippen molar-refractivity contribution in [3.05, 3.63) is 53.6 Å². The third-order valence-corrected chi connectivity index (χ3v) is 8.68. The third kappa shape index (κ3) is 7.23. The second kappa shape index (κ2) is 12.7. The summed E-state index contributed by atoms with van der Waals surface area (Å²) in [6.45, 7) is 4.44. The van der Waals surface area contributed by atoms with Crippen molar-refractivity contribution >= 4 is 27.5 Å². The molecule has 1 atom stereocenters. The Labute approximate surface area is 231 Å². The van der Waals surface area contributed by atoms with Crippen LogP contribution in [0.3, 0.4) is 0 Å². The molecule has 1 N–H and O–H groups in total. The normalized spacial score (nSPS) is 15.7. The minimum absolute atomic E-state index is 0.0931. The number of carbonyl (C=O) groups excluding carboxylic acids is 2. The first kappa shape index (κ1) is 28.7. The van der Waals surface area contributed by atoms with Gasteiger partial charge in [-0.3, -0.25) is 13.9 Å². The molecule has 39 heavy (non-hydrogen) atoms. The van der Waals surface area contributed by atoms with E-state index in [1.807, 2.05) is 38.1 Å². The summed E-state index contributed by atoms with van der Waals surface area (Å²) in [6.07, 6.45) is 6.18. The Bertz CT molecular complexity index is 1280. The van der Waals surface area contributed by atoms with Crippen LogP contribution in [0.25, 0.3) is 0 Å². The molecular weight excluding hydrogens is 518 g/mol. The number of fused-ring (bicyclic) bond motifs is 1. The van der Waals surface area contributed by atoms with Crippen LogP contribution in [0, 0.1) is 6.92 Å². The molecule has 0 aromatic heterocycles. The van der Waals surface area contributed by atoms with Crippen LogP contribution >= 0.6 is 0 Å². The Morgan fingerprint density at radius 2 is 1.79 bits per heavy atom. The largest absolute Gasteiger partial charge is 0.454 e. The second-order valence-corrected chi connectivity index (χ2v) is 12.2. The van der Waals surface area contributed by atoms with Crippen LogP contribution in [0.1, 0.15) is 63.0 Å². The first-order valence-electron chi connectivity index (χ1n) is 13.7. The lowest BCUT2D eigenvalue weighted by Crippen LogP contribution is -2.51. The van der Waals surface area contributed by atoms with Crippen molar-refractivity contribution in [1.29, 1.82) is 0 Å². The molecule has 1 fully saturated rings. The molecule has 2 amide bonds. The number of nitrogens with zero attached hydrogens (tertiary/aromatic N) is 2. The minimum Gasteiger partial charge on any atom is -0.454 e. The molecule has 10 heteroatoms. The number of hydrogen-bond acceptors (Lipinski definition) is 6. The molecule has 4 rings (SSSR count). The molecule has 1 aliphatic carbocycles. The van der Waals surface area contributed by atoms with E-state index in [0.717, 1.165) is 43.1 Å². The van der Waals surface area contributed by atoms with E-state index in [2.05, 4.69) is 5.32 Å². The molecule has 2 aliphatic rings. The van der Waals surface area contributed by atoms with Crippen molar-refractivity contribution in [3.8, 4) is 11.5 Å². The van der Waals surface area contributed by atoms with Gasteiger partial charge in [-0.2, -0.15) is 0 Å². The van der Waals surface area contributed by atoms with Gasteiger partial charge in [-0.1, -0.05) is 44.0 Å². The Morgan fingerprint density at radius 1 is 1.08 bits per heavy atom. The van der Waals surface area contributed by atoms with E-state index in [0.29, 0.717) is 36.6 Å². The number of aryl methyl sites for hydroxylation is 1. The molecule has 0 spiro atoms. The minimum atomic E-state index is -3.61. The topological polar surface area (TPSA) is 105 Å². The number of anilines is 1. The Morgan fingerprint density at radius 3 is 2.49 bits per heavy atom. The highest BCUT2D eigenvalue weighted by Gasteiger charge is 2.31. The summed E-state index contributed by atoms with van der Waals surface area (Å²) in [5, 5.41) is 3.16. The molecule has 1 saturated carbocycles. The number of nitrogens with one attached hydrogen (secondary N) is 1. The summed E-state index contributed by atoms with van der Waals surface area (Å²) < 4.78 is 37.3. The van der Waals surface area contributed by atoms with E-state index in [1.54, 1.807) is 23.1 Å². The number of sulfonamides is 1. The number of rotatable bonds is 12. The summed E-state index contributed by atoms with van der Waals surface area (Å²) in [6, 6.07) is 12.4. The standard InChI is InChI=1S/C29H39N3O6S/c1-4-25(29(34)30-23-12-7-8-13-23)31(19-22-11-6-5-10-21(22)2)28(33)14-9-17-32(39(3,35)36)24-15-16-26-27(18-24)38-20-37-26/h5-6,10-11,15-16,18,23,25H,4,7-9,12-14,17,19-20H2,1-3H3,(H,30,34)/t25-/m1/s1. The molecule has 212 valence electrons. The molecule has 1 aliphatic heterocycles. The Hall–Kier alpha value is -3.27. The van der Waals surface area contributed by atoms with Crippen molar-refractivity contribution in [2.24, 2.45) is 0 Å². The van der Waals surface area contributed by atoms with E-state index >= 15 is 0 Å². The number of amides is 2. The number of hydrogen-bond donors (Lipinski definition) is 1. The van der Waals surface area contributed by atoms with E-state index < -0.39 is 16.1 Å². The van der Waals surface area contributed by atoms with Crippen LogP contribution in [0.4, 0.5) is 5.69 Å². The molecule has 0 bridgehead atoms. The molecule has 2 aromatic rings. The van der Waals surface area contributed by atoms with Gasteiger partial charge in [0.05, 0.1) is 11.9 Å². The summed E-state index contributed by atoms with van der Waals surface area (Å²) in [5.41, 5.74) is 2.48. The maximum absolute atomic E-state index is 13.7. The summed E-state index contributed by atoms with van der Waals surface area (Å²) >= 11 is 0. The van der Waals surface area contributed by atoms with Gasteiger partial charge in [0, 0.05) is 31.6 Å². The fourth-order valence-electron chi connectivity index (χ4n) is 5.30. The van der Waals surface area contributed by atoms with Gasteiger partial charge in [-0.15, -0.1) is 0 Å². The highest BCUT2D eigenvalue weighted by molar-refractivity contribution is 7.92. The average Bonchev–Trinajstić information content (AvgIpc) is 3.58. The van der Waals surface area contributed by atoms with Gasteiger partial charge in [0.25, 0.3) is 0 Å². The maximum Gasteiger partial charge on any atom is 0.243 e. The summed E-state index contributed by atoms with van der Waals surface area (Å²) in [5.74, 6) is 0.756. The Balaban J connectivity index is 1.49. The number of benzene rings is 2. The van der Waals surface area contributed by atoms with E-state index in [1.165, 1.54) is 4.31 Å². The average molecular weight is 558 g/mol. The smallest absolute Gasteiger partial charge is 0.243 e. The zero-order valence-corrected chi connectivity index (χ0v) is 23.8. The quantitative estimate of drug-likeness (QED) is 0.421. The highest BCUT2D eigenvalue weighted by atomic mass is 32.2. The summed E-state index contributed by atoms with van der Waals surface area (Å²) in [7, 11) is -3.61. The predicted molar refractivity (Wildman–Crippen MR) is 150 cm³/mol. The van der Waals surface area contributed by atoms with Crippen LogP contribution in [-0.2, 0) is 26.2 Å². The fraction of sp³-hybridized carbons (Fsp3) is 0.517. The first-order valence-corrected chi connectivity index (χ1v) is 15.5. The van der Waals surface area contributed by atoms with E-state index in [-0.39, 0.29) is 37.6 Å². The predicted octanol–water partition coefficient (Wildman–Crippen LogP) is 4.14. The highest BCUT2D eigenvalue weighted by Crippen LogP contribution is 2.36. The van der Waals surface area contributed by atoms with Gasteiger partial charge in [-0.25, -0.2) is 8.42 Å². The first-order chi connectivity index (χ1) is 18.7. The number of ether oxygens (including phenoxy) is 2. The second-order valence-electron chi connectivity index (χ2n) is 10.3. The van der Waals surface area contributed by atoms with Crippen molar-refractivity contribution in [3.63, 3.8) is 0 Å². The number of carbonyl (C=O) groups is 2. The van der Waals surface area contributed by atoms with Crippen LogP contribution in [0.15, 0.2) is 42.5 Å². The van der Waals surface area contributed by atoms with Gasteiger partial charge in [0.15, 0.2) is 11.5 Å². The molecule has 0 saturated heterocycles. The molecule has 0 unspecified atom stereocenters. The zero-order chi connectivity index (χ0) is 28.0. The van der Waals surface area contributed by atoms with Crippen molar-refractivity contribution in [2.45, 2.75) is 77.4 Å². The lowest BCUT2D eigenvalue weighted by molar-refractivity contribution is -0.141. The van der Waals surface area contributed by atoms with Crippen molar-refractivity contribution in [1.82, 2.24) is 10.2 Å². The Kier molecular flexibility index (Phi) is 9.37. The van der Waals surface area contributed by atoms with Gasteiger partial charge < -0.3 is 19.7 Å². The van der Waals surface area contributed by atoms with Crippen LogP contribution in [0.2, 0.25) is 0 Å². The molecule has 0 radical (unpaired) electrons. The lowest BCUT2D eigenvalue weighted by atomic mass is 10.0. The van der Waals surface area contributed by atoms with Crippen LogP contribution in [0.5, 0.6) is 11.5 Å². The van der Waals surface area contributed by atoms with E-state index in [9.17, 15) is 18.0 Å². The van der Waals surface area contributed by atoms with Gasteiger partial charge in [-0.05, 0) is 55.9 Å². The van der Waals surface area contributed by atoms with Gasteiger partial charge in [0.1, 0.15) is 6.04 Å². The maximum atomic E-state index is 13.7. The third-order valence-electron chi connectivity index (χ3n) is 7.49. The molecule has 2 aromatic carbocycles. The van der Waals surface area contributed by atoms with Crippen LogP contribution in [-0.4, -0.2) is 56.8 Å².